The highest BCUT2D eigenvalue weighted by molar-refractivity contribution is 6.02. The first-order chi connectivity index (χ1) is 12.5. The first kappa shape index (κ1) is 17.9. The van der Waals surface area contributed by atoms with E-state index in [1.807, 2.05) is 24.3 Å². The van der Waals surface area contributed by atoms with Crippen molar-refractivity contribution in [1.29, 1.82) is 0 Å². The topological polar surface area (TPSA) is 80.7 Å². The molecule has 0 saturated heterocycles. The van der Waals surface area contributed by atoms with Gasteiger partial charge in [-0.1, -0.05) is 18.2 Å². The molecule has 5 nitrogen and oxygen atoms in total. The van der Waals surface area contributed by atoms with Crippen molar-refractivity contribution in [3.63, 3.8) is 0 Å². The molecule has 0 bridgehead atoms. The van der Waals surface area contributed by atoms with Crippen LogP contribution in [-0.4, -0.2) is 29.2 Å². The van der Waals surface area contributed by atoms with Gasteiger partial charge in [-0.05, 0) is 49.1 Å². The Morgan fingerprint density at radius 2 is 1.92 bits per heavy atom. The first-order valence-electron chi connectivity index (χ1n) is 8.62. The molecule has 3 rings (SSSR count). The molecule has 0 heterocycles. The zero-order valence-electron chi connectivity index (χ0n) is 14.6. The van der Waals surface area contributed by atoms with Crippen molar-refractivity contribution in [2.45, 2.75) is 32.6 Å². The van der Waals surface area contributed by atoms with Crippen LogP contribution in [0.3, 0.4) is 0 Å². The number of aryl methyl sites for hydroxylation is 1. The molecule has 0 spiro atoms. The second-order valence-electron chi connectivity index (χ2n) is 6.41. The summed E-state index contributed by atoms with van der Waals surface area (Å²) in [6.45, 7) is 1.77. The lowest BCUT2D eigenvalue weighted by molar-refractivity contribution is -0.137. The van der Waals surface area contributed by atoms with E-state index in [1.165, 1.54) is 6.92 Å². The van der Waals surface area contributed by atoms with Gasteiger partial charge in [-0.15, -0.1) is 0 Å². The summed E-state index contributed by atoms with van der Waals surface area (Å²) < 4.78 is 5.82. The van der Waals surface area contributed by atoms with Gasteiger partial charge in [0.15, 0.2) is 11.6 Å². The third-order valence-electron chi connectivity index (χ3n) is 4.50. The first-order valence-corrected chi connectivity index (χ1v) is 8.62. The van der Waals surface area contributed by atoms with Crippen molar-refractivity contribution in [2.75, 3.05) is 6.61 Å². The maximum atomic E-state index is 12.1. The quantitative estimate of drug-likeness (QED) is 0.603. The zero-order valence-corrected chi connectivity index (χ0v) is 14.6. The van der Waals surface area contributed by atoms with Crippen molar-refractivity contribution in [3.05, 3.63) is 53.1 Å². The zero-order chi connectivity index (χ0) is 18.7. The van der Waals surface area contributed by atoms with E-state index in [2.05, 4.69) is 0 Å². The van der Waals surface area contributed by atoms with Crippen LogP contribution in [-0.2, 0) is 11.2 Å². The summed E-state index contributed by atoms with van der Waals surface area (Å²) in [4.78, 5) is 34.4. The van der Waals surface area contributed by atoms with E-state index in [4.69, 9.17) is 9.84 Å². The van der Waals surface area contributed by atoms with Crippen LogP contribution in [0.25, 0.3) is 11.1 Å². The standard InChI is InChI=1S/C21H20O5/c1-13(22)14-4-2-5-15(10-14)18-11-16-7-8-19(23)17(16)12-20(18)26-9-3-6-21(24)25/h2,4-5,10-12H,3,6-9H2,1H3,(H,24,25). The number of Topliss-reactive ketones (excluding diaryl/α,β-unsaturated/α-hetero) is 2. The number of fused-ring (bicyclic) bond motifs is 1. The molecule has 26 heavy (non-hydrogen) atoms. The number of hydrogen-bond acceptors (Lipinski definition) is 4. The minimum Gasteiger partial charge on any atom is -0.493 e. The lowest BCUT2D eigenvalue weighted by Crippen LogP contribution is -2.04. The Morgan fingerprint density at radius 3 is 2.65 bits per heavy atom. The molecule has 1 N–H and O–H groups in total. The van der Waals surface area contributed by atoms with Crippen molar-refractivity contribution in [3.8, 4) is 16.9 Å². The van der Waals surface area contributed by atoms with Crippen molar-refractivity contribution in [2.24, 2.45) is 0 Å². The molecule has 1 aliphatic rings. The second-order valence-corrected chi connectivity index (χ2v) is 6.41. The third kappa shape index (κ3) is 3.82. The van der Waals surface area contributed by atoms with Crippen LogP contribution >= 0.6 is 0 Å². The third-order valence-corrected chi connectivity index (χ3v) is 4.50. The summed E-state index contributed by atoms with van der Waals surface area (Å²) in [5, 5.41) is 8.76. The fourth-order valence-corrected chi connectivity index (χ4v) is 3.13. The highest BCUT2D eigenvalue weighted by Crippen LogP contribution is 2.37. The molecule has 0 saturated carbocycles. The van der Waals surface area contributed by atoms with Crippen LogP contribution in [0.2, 0.25) is 0 Å². The van der Waals surface area contributed by atoms with Crippen LogP contribution in [0, 0.1) is 0 Å². The molecule has 2 aromatic rings. The largest absolute Gasteiger partial charge is 0.493 e. The molecule has 134 valence electrons. The number of carbonyl (C=O) groups is 3. The predicted octanol–water partition coefficient (Wildman–Crippen LogP) is 3.93. The lowest BCUT2D eigenvalue weighted by Gasteiger charge is -2.14. The predicted molar refractivity (Wildman–Crippen MR) is 96.9 cm³/mol. The van der Waals surface area contributed by atoms with E-state index >= 15 is 0 Å². The number of benzene rings is 2. The van der Waals surface area contributed by atoms with E-state index in [0.29, 0.717) is 36.1 Å². The Kier molecular flexibility index (Phi) is 5.16. The smallest absolute Gasteiger partial charge is 0.303 e. The fraction of sp³-hybridized carbons (Fsp3) is 0.286. The molecule has 0 aromatic heterocycles. The molecule has 1 aliphatic carbocycles. The summed E-state index contributed by atoms with van der Waals surface area (Å²) in [7, 11) is 0. The number of rotatable bonds is 7. The number of carbonyl (C=O) groups excluding carboxylic acids is 2. The summed E-state index contributed by atoms with van der Waals surface area (Å²) in [6.07, 6.45) is 1.60. The van der Waals surface area contributed by atoms with Crippen LogP contribution in [0.15, 0.2) is 36.4 Å². The SMILES string of the molecule is CC(=O)c1cccc(-c2cc3c(cc2OCCCC(=O)O)C(=O)CC3)c1. The van der Waals surface area contributed by atoms with E-state index in [1.54, 1.807) is 12.1 Å². The number of carboxylic acids is 1. The molecule has 0 atom stereocenters. The van der Waals surface area contributed by atoms with Gasteiger partial charge in [-0.25, -0.2) is 0 Å². The van der Waals surface area contributed by atoms with Gasteiger partial charge < -0.3 is 9.84 Å². The number of carboxylic acid groups (broad SMARTS) is 1. The number of aliphatic carboxylic acids is 1. The van der Waals surface area contributed by atoms with Crippen LogP contribution in [0.4, 0.5) is 0 Å². The summed E-state index contributed by atoms with van der Waals surface area (Å²) in [5.74, 6) is -0.247. The Morgan fingerprint density at radius 1 is 1.12 bits per heavy atom. The van der Waals surface area contributed by atoms with Gasteiger partial charge in [-0.2, -0.15) is 0 Å². The molecule has 0 aliphatic heterocycles. The summed E-state index contributed by atoms with van der Waals surface area (Å²) >= 11 is 0. The number of hydrogen-bond donors (Lipinski definition) is 1. The molecular weight excluding hydrogens is 332 g/mol. The van der Waals surface area contributed by atoms with Crippen molar-refractivity contribution >= 4 is 17.5 Å². The average molecular weight is 352 g/mol. The van der Waals surface area contributed by atoms with E-state index in [0.717, 1.165) is 16.7 Å². The van der Waals surface area contributed by atoms with E-state index < -0.39 is 5.97 Å². The summed E-state index contributed by atoms with van der Waals surface area (Å²) in [5.41, 5.74) is 3.92. The lowest BCUT2D eigenvalue weighted by atomic mass is 9.97. The molecule has 0 unspecified atom stereocenters. The van der Waals surface area contributed by atoms with Gasteiger partial charge in [0.2, 0.25) is 0 Å². The Labute approximate surface area is 151 Å². The Bertz CT molecular complexity index is 882. The average Bonchev–Trinajstić information content (AvgIpc) is 2.98. The maximum Gasteiger partial charge on any atom is 0.303 e. The van der Waals surface area contributed by atoms with E-state index in [9.17, 15) is 14.4 Å². The highest BCUT2D eigenvalue weighted by Gasteiger charge is 2.23. The molecule has 0 radical (unpaired) electrons. The highest BCUT2D eigenvalue weighted by atomic mass is 16.5. The maximum absolute atomic E-state index is 12.1. The fourth-order valence-electron chi connectivity index (χ4n) is 3.13. The number of ether oxygens (including phenoxy) is 1. The van der Waals surface area contributed by atoms with Gasteiger partial charge in [-0.3, -0.25) is 14.4 Å². The van der Waals surface area contributed by atoms with Crippen LogP contribution in [0.5, 0.6) is 5.75 Å². The van der Waals surface area contributed by atoms with Gasteiger partial charge in [0.05, 0.1) is 6.61 Å². The van der Waals surface area contributed by atoms with Gasteiger partial charge >= 0.3 is 5.97 Å². The van der Waals surface area contributed by atoms with Crippen molar-refractivity contribution in [1.82, 2.24) is 0 Å². The van der Waals surface area contributed by atoms with Gasteiger partial charge in [0.25, 0.3) is 0 Å². The van der Waals surface area contributed by atoms with Crippen molar-refractivity contribution < 1.29 is 24.2 Å². The van der Waals surface area contributed by atoms with Crippen LogP contribution in [0.1, 0.15) is 52.5 Å². The normalized spacial score (nSPS) is 12.7. The van der Waals surface area contributed by atoms with E-state index in [-0.39, 0.29) is 24.6 Å². The minimum atomic E-state index is -0.868. The summed E-state index contributed by atoms with van der Waals surface area (Å²) in [6, 6.07) is 11.0. The minimum absolute atomic E-state index is 0.0212. The Hall–Kier alpha value is -2.95. The van der Waals surface area contributed by atoms with Gasteiger partial charge in [0.1, 0.15) is 5.75 Å². The van der Waals surface area contributed by atoms with Crippen LogP contribution < -0.4 is 4.74 Å². The molecule has 0 amide bonds. The number of ketones is 2. The molecule has 2 aromatic carbocycles. The molecule has 0 fully saturated rings. The van der Waals surface area contributed by atoms with Gasteiger partial charge in [0, 0.05) is 29.5 Å². The monoisotopic (exact) mass is 352 g/mol. The molecule has 5 heteroatoms. The molecular formula is C21H20O5. The Balaban J connectivity index is 1.97. The second kappa shape index (κ2) is 7.52.